The zero-order valence-electron chi connectivity index (χ0n) is 8.73. The van der Waals surface area contributed by atoms with Gasteiger partial charge in [0.05, 0.1) is 0 Å². The first-order chi connectivity index (χ1) is 6.99. The van der Waals surface area contributed by atoms with Crippen LogP contribution >= 0.6 is 0 Å². The number of imide groups is 1. The lowest BCUT2D eigenvalue weighted by Gasteiger charge is -2.15. The van der Waals surface area contributed by atoms with E-state index in [1.165, 1.54) is 0 Å². The molecular formula is C8H13N5O2. The molecule has 1 aliphatic heterocycles. The number of hydrogen-bond donors (Lipinski definition) is 1. The van der Waals surface area contributed by atoms with Crippen molar-refractivity contribution in [3.05, 3.63) is 10.4 Å². The van der Waals surface area contributed by atoms with Crippen LogP contribution in [0.3, 0.4) is 0 Å². The molecule has 1 N–H and O–H groups in total. The topological polar surface area (TPSA) is 98.2 Å². The highest BCUT2D eigenvalue weighted by atomic mass is 16.2. The lowest BCUT2D eigenvalue weighted by molar-refractivity contribution is -0.130. The van der Waals surface area contributed by atoms with Crippen LogP contribution in [0.2, 0.25) is 0 Å². The van der Waals surface area contributed by atoms with Gasteiger partial charge in [-0.15, -0.1) is 0 Å². The van der Waals surface area contributed by atoms with Gasteiger partial charge in [-0.25, -0.2) is 4.79 Å². The molecule has 82 valence electrons. The van der Waals surface area contributed by atoms with E-state index in [9.17, 15) is 9.59 Å². The first-order valence-electron chi connectivity index (χ1n) is 4.64. The summed E-state index contributed by atoms with van der Waals surface area (Å²) in [6.45, 7) is 3.88. The van der Waals surface area contributed by atoms with Crippen LogP contribution in [0.4, 0.5) is 4.79 Å². The predicted molar refractivity (Wildman–Crippen MR) is 53.0 cm³/mol. The van der Waals surface area contributed by atoms with E-state index in [-0.39, 0.29) is 25.0 Å². The molecule has 0 radical (unpaired) electrons. The highest BCUT2D eigenvalue weighted by molar-refractivity contribution is 6.06. The zero-order chi connectivity index (χ0) is 11.5. The first kappa shape index (κ1) is 11.3. The first-order valence-corrected chi connectivity index (χ1v) is 4.64. The maximum absolute atomic E-state index is 11.6. The molecule has 1 aliphatic rings. The van der Waals surface area contributed by atoms with Crippen molar-refractivity contribution in [3.8, 4) is 0 Å². The molecule has 3 amide bonds. The van der Waals surface area contributed by atoms with Gasteiger partial charge < -0.3 is 5.32 Å². The van der Waals surface area contributed by atoms with Crippen molar-refractivity contribution in [2.45, 2.75) is 25.8 Å². The fourth-order valence-electron chi connectivity index (χ4n) is 1.37. The Morgan fingerprint density at radius 2 is 2.20 bits per heavy atom. The summed E-state index contributed by atoms with van der Waals surface area (Å²) >= 11 is 0. The van der Waals surface area contributed by atoms with Gasteiger partial charge >= 0.3 is 6.03 Å². The Kier molecular flexibility index (Phi) is 3.16. The van der Waals surface area contributed by atoms with Crippen molar-refractivity contribution in [2.75, 3.05) is 13.1 Å². The van der Waals surface area contributed by atoms with Crippen LogP contribution in [-0.2, 0) is 4.79 Å². The van der Waals surface area contributed by atoms with Gasteiger partial charge in [-0.05, 0) is 25.8 Å². The van der Waals surface area contributed by atoms with Gasteiger partial charge in [0.1, 0.15) is 5.54 Å². The molecule has 15 heavy (non-hydrogen) atoms. The van der Waals surface area contributed by atoms with E-state index in [0.29, 0.717) is 6.42 Å². The van der Waals surface area contributed by atoms with E-state index >= 15 is 0 Å². The fraction of sp³-hybridized carbons (Fsp3) is 0.750. The molecule has 1 heterocycles. The zero-order valence-corrected chi connectivity index (χ0v) is 8.73. The second-order valence-electron chi connectivity index (χ2n) is 3.82. The Bertz CT molecular complexity index is 332. The Labute approximate surface area is 87.1 Å². The molecule has 0 unspecified atom stereocenters. The smallest absolute Gasteiger partial charge is 0.324 e. The maximum Gasteiger partial charge on any atom is 0.325 e. The fourth-order valence-corrected chi connectivity index (χ4v) is 1.37. The number of nitrogens with one attached hydrogen (secondary N) is 1. The quantitative estimate of drug-likeness (QED) is 0.247. The normalized spacial score (nSPS) is 18.7. The number of amides is 3. The highest BCUT2D eigenvalue weighted by Gasteiger charge is 2.43. The summed E-state index contributed by atoms with van der Waals surface area (Å²) in [6.07, 6.45) is 0.485. The molecule has 0 atom stereocenters. The van der Waals surface area contributed by atoms with E-state index in [2.05, 4.69) is 15.3 Å². The second-order valence-corrected chi connectivity index (χ2v) is 3.82. The average Bonchev–Trinajstić information content (AvgIpc) is 2.33. The lowest BCUT2D eigenvalue weighted by atomic mass is 10.1. The lowest BCUT2D eigenvalue weighted by Crippen LogP contribution is -2.40. The summed E-state index contributed by atoms with van der Waals surface area (Å²) in [5.74, 6) is -0.242. The molecule has 0 aromatic rings. The Hall–Kier alpha value is -1.75. The summed E-state index contributed by atoms with van der Waals surface area (Å²) in [5, 5.41) is 5.90. The summed E-state index contributed by atoms with van der Waals surface area (Å²) in [7, 11) is 0. The van der Waals surface area contributed by atoms with Crippen molar-refractivity contribution >= 4 is 11.9 Å². The molecule has 0 saturated carbocycles. The van der Waals surface area contributed by atoms with E-state index in [4.69, 9.17) is 5.53 Å². The van der Waals surface area contributed by atoms with Crippen LogP contribution in [0.1, 0.15) is 20.3 Å². The average molecular weight is 211 g/mol. The van der Waals surface area contributed by atoms with Crippen LogP contribution in [0.5, 0.6) is 0 Å². The standard InChI is InChI=1S/C8H13N5O2/c1-8(2)6(14)13(7(15)11-8)5-3-4-10-12-9/h3-5H2,1-2H3,(H,11,15). The number of carbonyl (C=O) groups excluding carboxylic acids is 2. The molecule has 0 aromatic carbocycles. The summed E-state index contributed by atoms with van der Waals surface area (Å²) in [5.41, 5.74) is 7.22. The number of urea groups is 1. The van der Waals surface area contributed by atoms with E-state index in [1.807, 2.05) is 0 Å². The van der Waals surface area contributed by atoms with Crippen LogP contribution in [0, 0.1) is 0 Å². The van der Waals surface area contributed by atoms with Crippen LogP contribution in [-0.4, -0.2) is 35.5 Å². The summed E-state index contributed by atoms with van der Waals surface area (Å²) in [4.78, 5) is 26.7. The number of rotatable bonds is 4. The third-order valence-corrected chi connectivity index (χ3v) is 2.15. The monoisotopic (exact) mass is 211 g/mol. The Morgan fingerprint density at radius 3 is 2.67 bits per heavy atom. The second kappa shape index (κ2) is 4.18. The molecule has 1 saturated heterocycles. The minimum absolute atomic E-state index is 0.242. The largest absolute Gasteiger partial charge is 0.325 e. The predicted octanol–water partition coefficient (Wildman–Crippen LogP) is 1.02. The molecule has 1 fully saturated rings. The molecule has 1 rings (SSSR count). The van der Waals surface area contributed by atoms with Gasteiger partial charge in [0, 0.05) is 18.0 Å². The van der Waals surface area contributed by atoms with Crippen LogP contribution in [0.25, 0.3) is 10.4 Å². The van der Waals surface area contributed by atoms with Crippen molar-refractivity contribution in [2.24, 2.45) is 5.11 Å². The molecule has 7 nitrogen and oxygen atoms in total. The Morgan fingerprint density at radius 1 is 1.53 bits per heavy atom. The SMILES string of the molecule is CC1(C)NC(=O)N(CCCN=[N+]=[N-])C1=O. The van der Waals surface area contributed by atoms with Gasteiger partial charge in [-0.1, -0.05) is 5.11 Å². The van der Waals surface area contributed by atoms with Crippen molar-refractivity contribution in [1.29, 1.82) is 0 Å². The molecule has 0 aliphatic carbocycles. The number of carbonyl (C=O) groups is 2. The minimum Gasteiger partial charge on any atom is -0.324 e. The van der Waals surface area contributed by atoms with E-state index < -0.39 is 5.54 Å². The minimum atomic E-state index is -0.824. The van der Waals surface area contributed by atoms with Crippen molar-refractivity contribution in [1.82, 2.24) is 10.2 Å². The van der Waals surface area contributed by atoms with Gasteiger partial charge in [0.2, 0.25) is 0 Å². The van der Waals surface area contributed by atoms with Crippen LogP contribution in [0.15, 0.2) is 5.11 Å². The van der Waals surface area contributed by atoms with Crippen LogP contribution < -0.4 is 5.32 Å². The molecule has 0 aromatic heterocycles. The van der Waals surface area contributed by atoms with Gasteiger partial charge in [0.25, 0.3) is 5.91 Å². The van der Waals surface area contributed by atoms with Gasteiger partial charge in [-0.3, -0.25) is 9.69 Å². The highest BCUT2D eigenvalue weighted by Crippen LogP contribution is 2.16. The van der Waals surface area contributed by atoms with Crippen molar-refractivity contribution in [3.63, 3.8) is 0 Å². The third-order valence-electron chi connectivity index (χ3n) is 2.15. The van der Waals surface area contributed by atoms with Crippen molar-refractivity contribution < 1.29 is 9.59 Å². The van der Waals surface area contributed by atoms with E-state index in [0.717, 1.165) is 4.90 Å². The van der Waals surface area contributed by atoms with Gasteiger partial charge in [-0.2, -0.15) is 0 Å². The summed E-state index contributed by atoms with van der Waals surface area (Å²) < 4.78 is 0. The number of azide groups is 1. The molecule has 7 heteroatoms. The van der Waals surface area contributed by atoms with E-state index in [1.54, 1.807) is 13.8 Å². The molecule has 0 spiro atoms. The number of hydrogen-bond acceptors (Lipinski definition) is 3. The summed E-state index contributed by atoms with van der Waals surface area (Å²) in [6, 6.07) is -0.383. The van der Waals surface area contributed by atoms with Gasteiger partial charge in [0.15, 0.2) is 0 Å². The Balaban J connectivity index is 2.52. The third kappa shape index (κ3) is 2.38. The number of nitrogens with zero attached hydrogens (tertiary/aromatic N) is 4. The molecule has 0 bridgehead atoms. The molecular weight excluding hydrogens is 198 g/mol. The maximum atomic E-state index is 11.6.